The minimum atomic E-state index is -0.347. The van der Waals surface area contributed by atoms with Crippen LogP contribution in [0.1, 0.15) is 18.3 Å². The highest BCUT2D eigenvalue weighted by Crippen LogP contribution is 2.21. The second-order valence-corrected chi connectivity index (χ2v) is 5.24. The first kappa shape index (κ1) is 14.5. The van der Waals surface area contributed by atoms with Gasteiger partial charge in [-0.2, -0.15) is 5.10 Å². The van der Waals surface area contributed by atoms with E-state index in [1.807, 2.05) is 14.0 Å². The van der Waals surface area contributed by atoms with E-state index in [1.54, 1.807) is 4.68 Å². The Labute approximate surface area is 118 Å². The molecule has 1 atom stereocenters. The molecule has 6 heteroatoms. The van der Waals surface area contributed by atoms with Crippen LogP contribution in [0.4, 0.5) is 0 Å². The van der Waals surface area contributed by atoms with Crippen LogP contribution in [0.15, 0.2) is 0 Å². The Morgan fingerprint density at radius 2 is 2.32 bits per heavy atom. The van der Waals surface area contributed by atoms with Crippen molar-refractivity contribution in [3.8, 4) is 0 Å². The van der Waals surface area contributed by atoms with Crippen LogP contribution < -0.4 is 0 Å². The van der Waals surface area contributed by atoms with Crippen molar-refractivity contribution < 1.29 is 9.53 Å². The fraction of sp³-hybridized carbons (Fsp3) is 0.692. The van der Waals surface area contributed by atoms with Crippen LogP contribution in [0.25, 0.3) is 0 Å². The standard InChI is InChI=1S/C13H20ClN3O2/c1-4-17-5-6-19-12(8-17)11(18)7-10-13(14)9(2)15-16(10)3/h12H,4-8H2,1-3H3. The van der Waals surface area contributed by atoms with Gasteiger partial charge >= 0.3 is 0 Å². The number of Topliss-reactive ketones (excluding diaryl/α,β-unsaturated/α-hetero) is 1. The molecule has 0 N–H and O–H groups in total. The fourth-order valence-corrected chi connectivity index (χ4v) is 2.56. The molecule has 1 unspecified atom stereocenters. The number of rotatable bonds is 4. The average molecular weight is 286 g/mol. The monoisotopic (exact) mass is 285 g/mol. The molecule has 0 saturated carbocycles. The van der Waals surface area contributed by atoms with Crippen molar-refractivity contribution >= 4 is 17.4 Å². The lowest BCUT2D eigenvalue weighted by molar-refractivity contribution is -0.135. The van der Waals surface area contributed by atoms with E-state index >= 15 is 0 Å². The van der Waals surface area contributed by atoms with E-state index in [-0.39, 0.29) is 18.3 Å². The molecule has 5 nitrogen and oxygen atoms in total. The Kier molecular flexibility index (Phi) is 4.60. The maximum atomic E-state index is 12.3. The maximum absolute atomic E-state index is 12.3. The summed E-state index contributed by atoms with van der Waals surface area (Å²) in [5.74, 6) is 0.0723. The number of aryl methyl sites for hydroxylation is 2. The van der Waals surface area contributed by atoms with E-state index in [4.69, 9.17) is 16.3 Å². The van der Waals surface area contributed by atoms with Gasteiger partial charge in [0.25, 0.3) is 0 Å². The van der Waals surface area contributed by atoms with Gasteiger partial charge in [0.15, 0.2) is 5.78 Å². The number of ketones is 1. The number of halogens is 1. The molecule has 0 aromatic carbocycles. The zero-order valence-corrected chi connectivity index (χ0v) is 12.4. The molecule has 106 valence electrons. The van der Waals surface area contributed by atoms with Crippen molar-refractivity contribution in [2.24, 2.45) is 7.05 Å². The summed E-state index contributed by atoms with van der Waals surface area (Å²) >= 11 is 6.17. The van der Waals surface area contributed by atoms with Crippen molar-refractivity contribution in [3.05, 3.63) is 16.4 Å². The van der Waals surface area contributed by atoms with Crippen molar-refractivity contribution in [2.45, 2.75) is 26.4 Å². The minimum Gasteiger partial charge on any atom is -0.368 e. The Hall–Kier alpha value is -0.910. The summed E-state index contributed by atoms with van der Waals surface area (Å²) in [6, 6.07) is 0. The molecule has 19 heavy (non-hydrogen) atoms. The lowest BCUT2D eigenvalue weighted by Crippen LogP contribution is -2.46. The lowest BCUT2D eigenvalue weighted by Gasteiger charge is -2.31. The minimum absolute atomic E-state index is 0.0723. The number of hydrogen-bond donors (Lipinski definition) is 0. The third kappa shape index (κ3) is 3.16. The highest BCUT2D eigenvalue weighted by molar-refractivity contribution is 6.32. The number of aromatic nitrogens is 2. The van der Waals surface area contributed by atoms with Gasteiger partial charge in [0.05, 0.1) is 29.4 Å². The molecule has 2 rings (SSSR count). The molecule has 1 aliphatic rings. The van der Waals surface area contributed by atoms with Crippen LogP contribution in [0.5, 0.6) is 0 Å². The Balaban J connectivity index is 2.04. The Morgan fingerprint density at radius 3 is 2.89 bits per heavy atom. The molecule has 0 radical (unpaired) electrons. The molecule has 0 spiro atoms. The number of likely N-dealkylation sites (N-methyl/N-ethyl adjacent to an activating group) is 1. The van der Waals surface area contributed by atoms with Crippen LogP contribution in [0, 0.1) is 6.92 Å². The molecular weight excluding hydrogens is 266 g/mol. The number of carbonyl (C=O) groups is 1. The topological polar surface area (TPSA) is 47.4 Å². The molecule has 1 fully saturated rings. The van der Waals surface area contributed by atoms with Crippen LogP contribution in [0.3, 0.4) is 0 Å². The Morgan fingerprint density at radius 1 is 1.58 bits per heavy atom. The second kappa shape index (κ2) is 6.03. The van der Waals surface area contributed by atoms with Gasteiger partial charge in [-0.05, 0) is 13.5 Å². The van der Waals surface area contributed by atoms with Crippen molar-refractivity contribution in [1.29, 1.82) is 0 Å². The summed E-state index contributed by atoms with van der Waals surface area (Å²) in [7, 11) is 1.81. The second-order valence-electron chi connectivity index (χ2n) is 4.87. The average Bonchev–Trinajstić information content (AvgIpc) is 2.65. The third-order valence-corrected chi connectivity index (χ3v) is 4.05. The van der Waals surface area contributed by atoms with Gasteiger partial charge in [-0.25, -0.2) is 0 Å². The highest BCUT2D eigenvalue weighted by atomic mass is 35.5. The first-order valence-corrected chi connectivity index (χ1v) is 6.95. The molecule has 0 bridgehead atoms. The zero-order chi connectivity index (χ0) is 14.0. The zero-order valence-electron chi connectivity index (χ0n) is 11.6. The third-order valence-electron chi connectivity index (χ3n) is 3.56. The van der Waals surface area contributed by atoms with Crippen LogP contribution in [-0.4, -0.2) is 52.8 Å². The van der Waals surface area contributed by atoms with E-state index in [1.165, 1.54) is 0 Å². The maximum Gasteiger partial charge on any atom is 0.168 e. The molecule has 1 aromatic rings. The normalized spacial score (nSPS) is 20.7. The van der Waals surface area contributed by atoms with Gasteiger partial charge < -0.3 is 4.74 Å². The molecule has 2 heterocycles. The largest absolute Gasteiger partial charge is 0.368 e. The number of ether oxygens (including phenoxy) is 1. The van der Waals surface area contributed by atoms with E-state index in [9.17, 15) is 4.79 Å². The quantitative estimate of drug-likeness (QED) is 0.834. The molecular formula is C13H20ClN3O2. The summed E-state index contributed by atoms with van der Waals surface area (Å²) in [5, 5.41) is 4.80. The van der Waals surface area contributed by atoms with E-state index in [0.717, 1.165) is 24.5 Å². The molecule has 1 aliphatic heterocycles. The van der Waals surface area contributed by atoms with Gasteiger partial charge in [-0.1, -0.05) is 18.5 Å². The highest BCUT2D eigenvalue weighted by Gasteiger charge is 2.27. The van der Waals surface area contributed by atoms with Crippen LogP contribution >= 0.6 is 11.6 Å². The van der Waals surface area contributed by atoms with Gasteiger partial charge in [0, 0.05) is 20.1 Å². The number of carbonyl (C=O) groups excluding carboxylic acids is 1. The summed E-state index contributed by atoms with van der Waals surface area (Å²) in [6.45, 7) is 7.05. The summed E-state index contributed by atoms with van der Waals surface area (Å²) < 4.78 is 7.24. The predicted octanol–water partition coefficient (Wildman–Crippen LogP) is 1.21. The first-order valence-electron chi connectivity index (χ1n) is 6.57. The fourth-order valence-electron chi connectivity index (χ4n) is 2.34. The molecule has 0 amide bonds. The molecule has 0 aliphatic carbocycles. The van der Waals surface area contributed by atoms with Gasteiger partial charge in [-0.15, -0.1) is 0 Å². The van der Waals surface area contributed by atoms with E-state index < -0.39 is 0 Å². The van der Waals surface area contributed by atoms with Crippen molar-refractivity contribution in [3.63, 3.8) is 0 Å². The van der Waals surface area contributed by atoms with E-state index in [2.05, 4.69) is 16.9 Å². The smallest absolute Gasteiger partial charge is 0.168 e. The summed E-state index contributed by atoms with van der Waals surface area (Å²) in [5.41, 5.74) is 1.52. The first-order chi connectivity index (χ1) is 9.02. The van der Waals surface area contributed by atoms with Gasteiger partial charge in [0.2, 0.25) is 0 Å². The summed E-state index contributed by atoms with van der Waals surface area (Å²) in [6.07, 6.45) is -0.0711. The lowest BCUT2D eigenvalue weighted by atomic mass is 10.1. The van der Waals surface area contributed by atoms with Crippen LogP contribution in [-0.2, 0) is 23.0 Å². The predicted molar refractivity (Wildman–Crippen MR) is 73.5 cm³/mol. The Bertz CT molecular complexity index is 473. The van der Waals surface area contributed by atoms with Gasteiger partial charge in [0.1, 0.15) is 6.10 Å². The SMILES string of the molecule is CCN1CCOC(C(=O)Cc2c(Cl)c(C)nn2C)C1. The summed E-state index contributed by atoms with van der Waals surface area (Å²) in [4.78, 5) is 14.5. The van der Waals surface area contributed by atoms with Gasteiger partial charge in [-0.3, -0.25) is 14.4 Å². The number of morpholine rings is 1. The molecule has 1 saturated heterocycles. The van der Waals surface area contributed by atoms with Crippen molar-refractivity contribution in [1.82, 2.24) is 14.7 Å². The number of hydrogen-bond acceptors (Lipinski definition) is 4. The van der Waals surface area contributed by atoms with Crippen molar-refractivity contribution in [2.75, 3.05) is 26.2 Å². The molecule has 1 aromatic heterocycles. The van der Waals surface area contributed by atoms with Crippen LogP contribution in [0.2, 0.25) is 5.02 Å². The van der Waals surface area contributed by atoms with E-state index in [0.29, 0.717) is 18.2 Å². The number of nitrogens with zero attached hydrogens (tertiary/aromatic N) is 3.